The molecule has 0 radical (unpaired) electrons. The summed E-state index contributed by atoms with van der Waals surface area (Å²) in [6.45, 7) is 0. The standard InChI is InChI=1S/C36H42N3O4P/c37-34(24-21-27-13-5-1-6-14-27)44(42,43)26-31(36(41)39-33(35(38)40)25-28-15-7-2-8-16-28)22-23-32(29-17-9-3-10-18-29)30-19-11-4-12-20-30/h1-20,31-34H,21-26,37H2,(H2,38,40)(H,39,41)(H,42,43)/t31-,33+,34-/m1/s1. The lowest BCUT2D eigenvalue weighted by atomic mass is 9.85. The molecule has 7 nitrogen and oxygen atoms in total. The van der Waals surface area contributed by atoms with Crippen LogP contribution in [0.15, 0.2) is 121 Å². The van der Waals surface area contributed by atoms with Crippen molar-refractivity contribution < 1.29 is 19.0 Å². The summed E-state index contributed by atoms with van der Waals surface area (Å²) in [4.78, 5) is 37.4. The minimum atomic E-state index is -3.97. The molecule has 1 unspecified atom stereocenters. The highest BCUT2D eigenvalue weighted by molar-refractivity contribution is 7.58. The van der Waals surface area contributed by atoms with E-state index in [0.717, 1.165) is 22.3 Å². The van der Waals surface area contributed by atoms with Crippen LogP contribution in [0.1, 0.15) is 47.4 Å². The summed E-state index contributed by atoms with van der Waals surface area (Å²) in [5, 5.41) is 2.80. The first-order valence-corrected chi connectivity index (χ1v) is 17.0. The van der Waals surface area contributed by atoms with Crippen molar-refractivity contribution in [1.29, 1.82) is 0 Å². The number of primary amides is 1. The fourth-order valence-electron chi connectivity index (χ4n) is 5.54. The zero-order chi connectivity index (χ0) is 31.4. The van der Waals surface area contributed by atoms with Crippen LogP contribution in [-0.2, 0) is 27.0 Å². The number of rotatable bonds is 16. The van der Waals surface area contributed by atoms with Crippen molar-refractivity contribution in [2.75, 3.05) is 6.16 Å². The quantitative estimate of drug-likeness (QED) is 0.122. The Balaban J connectivity index is 1.55. The lowest BCUT2D eigenvalue weighted by Gasteiger charge is -2.27. The third-order valence-electron chi connectivity index (χ3n) is 8.09. The van der Waals surface area contributed by atoms with E-state index in [-0.39, 0.29) is 18.5 Å². The largest absolute Gasteiger partial charge is 0.368 e. The van der Waals surface area contributed by atoms with Gasteiger partial charge in [0.05, 0.1) is 5.78 Å². The molecule has 4 rings (SSSR count). The number of aryl methyl sites for hydroxylation is 1. The van der Waals surface area contributed by atoms with Gasteiger partial charge < -0.3 is 21.7 Å². The summed E-state index contributed by atoms with van der Waals surface area (Å²) in [5.74, 6) is -3.03. The third kappa shape index (κ3) is 9.75. The van der Waals surface area contributed by atoms with Crippen LogP contribution in [0, 0.1) is 5.92 Å². The second-order valence-corrected chi connectivity index (χ2v) is 13.9. The van der Waals surface area contributed by atoms with Crippen molar-refractivity contribution >= 4 is 19.2 Å². The maximum atomic E-state index is 13.8. The van der Waals surface area contributed by atoms with Crippen LogP contribution in [0.4, 0.5) is 0 Å². The summed E-state index contributed by atoms with van der Waals surface area (Å²) >= 11 is 0. The van der Waals surface area contributed by atoms with Gasteiger partial charge in [-0.15, -0.1) is 0 Å². The van der Waals surface area contributed by atoms with Gasteiger partial charge in [-0.1, -0.05) is 121 Å². The molecule has 6 N–H and O–H groups in total. The molecule has 0 heterocycles. The lowest BCUT2D eigenvalue weighted by Crippen LogP contribution is -2.48. The zero-order valence-electron chi connectivity index (χ0n) is 24.9. The van der Waals surface area contributed by atoms with Crippen LogP contribution in [0.5, 0.6) is 0 Å². The number of benzene rings is 4. The topological polar surface area (TPSA) is 136 Å². The Morgan fingerprint density at radius 2 is 1.18 bits per heavy atom. The summed E-state index contributed by atoms with van der Waals surface area (Å²) in [5.41, 5.74) is 16.1. The molecule has 0 saturated carbocycles. The van der Waals surface area contributed by atoms with Gasteiger partial charge in [-0.3, -0.25) is 14.2 Å². The van der Waals surface area contributed by atoms with Crippen molar-refractivity contribution in [2.45, 2.75) is 49.8 Å². The fraction of sp³-hybridized carbons (Fsp3) is 0.278. The van der Waals surface area contributed by atoms with Crippen LogP contribution in [0.3, 0.4) is 0 Å². The molecule has 0 bridgehead atoms. The molecule has 2 amide bonds. The molecule has 0 spiro atoms. The Morgan fingerprint density at radius 1 is 0.705 bits per heavy atom. The number of amides is 2. The van der Waals surface area contributed by atoms with Crippen LogP contribution < -0.4 is 16.8 Å². The van der Waals surface area contributed by atoms with Gasteiger partial charge in [0.2, 0.25) is 19.2 Å². The number of carbonyl (C=O) groups excluding carboxylic acids is 2. The minimum absolute atomic E-state index is 0.0335. The van der Waals surface area contributed by atoms with E-state index in [9.17, 15) is 19.0 Å². The van der Waals surface area contributed by atoms with E-state index in [4.69, 9.17) is 11.5 Å². The lowest BCUT2D eigenvalue weighted by molar-refractivity contribution is -0.129. The van der Waals surface area contributed by atoms with Gasteiger partial charge in [-0.25, -0.2) is 0 Å². The van der Waals surface area contributed by atoms with E-state index in [2.05, 4.69) is 5.32 Å². The molecule has 0 aliphatic carbocycles. The molecule has 0 aliphatic rings. The minimum Gasteiger partial charge on any atom is -0.368 e. The van der Waals surface area contributed by atoms with Gasteiger partial charge in [0.15, 0.2) is 0 Å². The fourth-order valence-corrected chi connectivity index (χ4v) is 7.33. The highest BCUT2D eigenvalue weighted by Crippen LogP contribution is 2.48. The van der Waals surface area contributed by atoms with Crippen molar-refractivity contribution in [1.82, 2.24) is 5.32 Å². The van der Waals surface area contributed by atoms with Gasteiger partial charge in [0.25, 0.3) is 0 Å². The van der Waals surface area contributed by atoms with E-state index in [1.54, 1.807) is 0 Å². The van der Waals surface area contributed by atoms with Crippen molar-refractivity contribution in [3.05, 3.63) is 144 Å². The van der Waals surface area contributed by atoms with Gasteiger partial charge >= 0.3 is 0 Å². The van der Waals surface area contributed by atoms with E-state index in [1.807, 2.05) is 121 Å². The van der Waals surface area contributed by atoms with E-state index in [0.29, 0.717) is 25.7 Å². The maximum Gasteiger partial charge on any atom is 0.240 e. The van der Waals surface area contributed by atoms with Crippen LogP contribution in [0.25, 0.3) is 0 Å². The Morgan fingerprint density at radius 3 is 1.68 bits per heavy atom. The summed E-state index contributed by atoms with van der Waals surface area (Å²) < 4.78 is 13.7. The Labute approximate surface area is 260 Å². The highest BCUT2D eigenvalue weighted by atomic mass is 31.2. The predicted molar refractivity (Wildman–Crippen MR) is 176 cm³/mol. The number of nitrogens with two attached hydrogens (primary N) is 2. The first kappa shape index (κ1) is 32.9. The van der Waals surface area contributed by atoms with Crippen LogP contribution in [-0.4, -0.2) is 34.7 Å². The molecular formula is C36H42N3O4P. The van der Waals surface area contributed by atoms with Crippen LogP contribution >= 0.6 is 7.37 Å². The van der Waals surface area contributed by atoms with Gasteiger partial charge in [-0.05, 0) is 47.9 Å². The average Bonchev–Trinajstić information content (AvgIpc) is 3.04. The summed E-state index contributed by atoms with van der Waals surface area (Å²) in [7, 11) is -3.97. The van der Waals surface area contributed by atoms with Crippen molar-refractivity contribution in [3.8, 4) is 0 Å². The second-order valence-electron chi connectivity index (χ2n) is 11.3. The normalized spacial score (nSPS) is 14.7. The third-order valence-corrected chi connectivity index (χ3v) is 10.4. The van der Waals surface area contributed by atoms with Gasteiger partial charge in [-0.2, -0.15) is 0 Å². The molecule has 44 heavy (non-hydrogen) atoms. The van der Waals surface area contributed by atoms with Crippen molar-refractivity contribution in [3.63, 3.8) is 0 Å². The molecule has 0 fully saturated rings. The van der Waals surface area contributed by atoms with E-state index < -0.39 is 36.9 Å². The number of carbonyl (C=O) groups is 2. The second kappa shape index (κ2) is 16.2. The Bertz CT molecular complexity index is 1460. The summed E-state index contributed by atoms with van der Waals surface area (Å²) in [6.07, 6.45) is 1.65. The van der Waals surface area contributed by atoms with Gasteiger partial charge in [0.1, 0.15) is 6.04 Å². The molecular weight excluding hydrogens is 569 g/mol. The number of hydrogen-bond acceptors (Lipinski definition) is 4. The van der Waals surface area contributed by atoms with E-state index in [1.165, 1.54) is 0 Å². The molecule has 4 atom stereocenters. The smallest absolute Gasteiger partial charge is 0.240 e. The maximum absolute atomic E-state index is 13.8. The molecule has 0 aliphatic heterocycles. The molecule has 230 valence electrons. The molecule has 0 aromatic heterocycles. The summed E-state index contributed by atoms with van der Waals surface area (Å²) in [6, 6.07) is 38.0. The molecule has 0 saturated heterocycles. The Hall–Kier alpha value is -4.03. The first-order valence-electron chi connectivity index (χ1n) is 15.1. The van der Waals surface area contributed by atoms with Gasteiger partial charge in [0, 0.05) is 24.4 Å². The average molecular weight is 612 g/mol. The van der Waals surface area contributed by atoms with Crippen molar-refractivity contribution in [2.24, 2.45) is 17.4 Å². The first-order chi connectivity index (χ1) is 21.2. The molecule has 8 heteroatoms. The van der Waals surface area contributed by atoms with E-state index >= 15 is 0 Å². The monoisotopic (exact) mass is 611 g/mol. The zero-order valence-corrected chi connectivity index (χ0v) is 25.8. The SMILES string of the molecule is NC(=O)[C@H](Cc1ccccc1)NC(=O)[C@H](CCC(c1ccccc1)c1ccccc1)CP(=O)(O)[C@@H](N)CCc1ccccc1. The highest BCUT2D eigenvalue weighted by Gasteiger charge is 2.35. The van der Waals surface area contributed by atoms with Crippen LogP contribution in [0.2, 0.25) is 0 Å². The number of hydrogen-bond donors (Lipinski definition) is 4. The molecule has 4 aromatic rings. The predicted octanol–water partition coefficient (Wildman–Crippen LogP) is 5.62. The molecule has 4 aromatic carbocycles. The Kier molecular flexibility index (Phi) is 12.1. The number of nitrogens with one attached hydrogen (secondary N) is 1.